The molecular weight excluding hydrogens is 336 g/mol. The van der Waals surface area contributed by atoms with Crippen LogP contribution in [0.1, 0.15) is 60.8 Å². The highest BCUT2D eigenvalue weighted by Crippen LogP contribution is 2.42. The Morgan fingerprint density at radius 3 is 1.96 bits per heavy atom. The Labute approximate surface area is 161 Å². The Kier molecular flexibility index (Phi) is 4.87. The molecule has 0 nitrogen and oxygen atoms in total. The lowest BCUT2D eigenvalue weighted by molar-refractivity contribution is 0.687. The van der Waals surface area contributed by atoms with Gasteiger partial charge in [0.2, 0.25) is 0 Å². The van der Waals surface area contributed by atoms with Crippen LogP contribution in [0.15, 0.2) is 78.9 Å². The van der Waals surface area contributed by atoms with Crippen LogP contribution in [0.25, 0.3) is 0 Å². The van der Waals surface area contributed by atoms with Crippen LogP contribution in [0, 0.1) is 0 Å². The maximum atomic E-state index is 6.64. The van der Waals surface area contributed by atoms with Crippen molar-refractivity contribution in [3.05, 3.63) is 106 Å². The van der Waals surface area contributed by atoms with Crippen molar-refractivity contribution in [1.29, 1.82) is 0 Å². The van der Waals surface area contributed by atoms with E-state index in [2.05, 4.69) is 73.7 Å². The van der Waals surface area contributed by atoms with E-state index in [1.165, 1.54) is 42.4 Å². The Bertz CT molecular complexity index is 860. The summed E-state index contributed by atoms with van der Waals surface area (Å²) >= 11 is 6.64. The summed E-state index contributed by atoms with van der Waals surface area (Å²) in [5.74, 6) is 0.743. The fourth-order valence-corrected chi connectivity index (χ4v) is 4.79. The molecule has 0 aromatic heterocycles. The Balaban J connectivity index is 1.82. The van der Waals surface area contributed by atoms with Crippen molar-refractivity contribution < 1.29 is 0 Å². The maximum absolute atomic E-state index is 6.64. The Morgan fingerprint density at radius 2 is 1.31 bits per heavy atom. The van der Waals surface area contributed by atoms with E-state index in [1.807, 2.05) is 12.1 Å². The first kappa shape index (κ1) is 17.4. The zero-order valence-corrected chi connectivity index (χ0v) is 16.0. The third-order valence-electron chi connectivity index (χ3n) is 6.08. The first-order valence-corrected chi connectivity index (χ1v) is 9.98. The van der Waals surface area contributed by atoms with Crippen molar-refractivity contribution >= 4 is 11.6 Å². The van der Waals surface area contributed by atoms with E-state index in [0.29, 0.717) is 0 Å². The molecule has 1 fully saturated rings. The largest absolute Gasteiger partial charge is 0.0840 e. The van der Waals surface area contributed by atoms with Crippen molar-refractivity contribution in [3.8, 4) is 0 Å². The van der Waals surface area contributed by atoms with Crippen LogP contribution in [-0.4, -0.2) is 0 Å². The summed E-state index contributed by atoms with van der Waals surface area (Å²) in [7, 11) is 0. The molecule has 0 bridgehead atoms. The topological polar surface area (TPSA) is 0 Å². The molecule has 1 unspecified atom stereocenters. The number of halogens is 1. The second-order valence-electron chi connectivity index (χ2n) is 7.57. The second-order valence-corrected chi connectivity index (χ2v) is 7.98. The third kappa shape index (κ3) is 3.08. The van der Waals surface area contributed by atoms with Gasteiger partial charge in [0.15, 0.2) is 0 Å². The molecule has 0 N–H and O–H groups in total. The monoisotopic (exact) mass is 360 g/mol. The van der Waals surface area contributed by atoms with E-state index in [4.69, 9.17) is 11.6 Å². The molecule has 1 aliphatic carbocycles. The SMILES string of the molecule is CC(c1ccccc1)(c1ccc(C2CCCC2)cc1)c1ccccc1Cl. The zero-order chi connectivity index (χ0) is 18.0. The summed E-state index contributed by atoms with van der Waals surface area (Å²) in [5, 5.41) is 0.818. The van der Waals surface area contributed by atoms with Gasteiger partial charge in [0.25, 0.3) is 0 Å². The highest BCUT2D eigenvalue weighted by Gasteiger charge is 2.33. The molecule has 0 radical (unpaired) electrons. The van der Waals surface area contributed by atoms with Crippen LogP contribution in [0.3, 0.4) is 0 Å². The molecule has 1 saturated carbocycles. The highest BCUT2D eigenvalue weighted by atomic mass is 35.5. The fourth-order valence-electron chi connectivity index (χ4n) is 4.46. The third-order valence-corrected chi connectivity index (χ3v) is 6.41. The van der Waals surface area contributed by atoms with E-state index in [1.54, 1.807) is 0 Å². The molecule has 1 heteroatoms. The van der Waals surface area contributed by atoms with Gasteiger partial charge in [-0.3, -0.25) is 0 Å². The lowest BCUT2D eigenvalue weighted by Crippen LogP contribution is -2.25. The molecule has 1 atom stereocenters. The lowest BCUT2D eigenvalue weighted by atomic mass is 9.71. The van der Waals surface area contributed by atoms with E-state index < -0.39 is 0 Å². The molecule has 0 spiro atoms. The van der Waals surface area contributed by atoms with Crippen LogP contribution in [0.2, 0.25) is 5.02 Å². The van der Waals surface area contributed by atoms with Gasteiger partial charge in [0, 0.05) is 10.4 Å². The highest BCUT2D eigenvalue weighted by molar-refractivity contribution is 6.31. The standard InChI is InChI=1S/C25H25Cl/c1-25(21-11-3-2-4-12-21,23-13-7-8-14-24(23)26)22-17-15-20(16-18-22)19-9-5-6-10-19/h2-4,7-8,11-19H,5-6,9-10H2,1H3. The van der Waals surface area contributed by atoms with Gasteiger partial charge < -0.3 is 0 Å². The van der Waals surface area contributed by atoms with Crippen molar-refractivity contribution in [2.45, 2.75) is 43.9 Å². The van der Waals surface area contributed by atoms with Crippen LogP contribution >= 0.6 is 11.6 Å². The summed E-state index contributed by atoms with van der Waals surface area (Å²) in [4.78, 5) is 0. The van der Waals surface area contributed by atoms with E-state index in [9.17, 15) is 0 Å². The number of benzene rings is 3. The first-order chi connectivity index (χ1) is 12.7. The molecule has 1 aliphatic rings. The van der Waals surface area contributed by atoms with E-state index in [0.717, 1.165) is 16.5 Å². The smallest absolute Gasteiger partial charge is 0.0450 e. The number of hydrogen-bond acceptors (Lipinski definition) is 0. The summed E-state index contributed by atoms with van der Waals surface area (Å²) < 4.78 is 0. The number of rotatable bonds is 4. The van der Waals surface area contributed by atoms with Gasteiger partial charge in [-0.1, -0.05) is 97.2 Å². The minimum Gasteiger partial charge on any atom is -0.0840 e. The minimum absolute atomic E-state index is 0.270. The fraction of sp³-hybridized carbons (Fsp3) is 0.280. The van der Waals surface area contributed by atoms with E-state index in [-0.39, 0.29) is 5.41 Å². The minimum atomic E-state index is -0.270. The second kappa shape index (κ2) is 7.29. The van der Waals surface area contributed by atoms with Crippen LogP contribution in [0.4, 0.5) is 0 Å². The molecule has 3 aromatic carbocycles. The van der Waals surface area contributed by atoms with Crippen molar-refractivity contribution in [2.75, 3.05) is 0 Å². The van der Waals surface area contributed by atoms with Crippen LogP contribution < -0.4 is 0 Å². The quantitative estimate of drug-likeness (QED) is 0.426. The predicted octanol–water partition coefficient (Wildman–Crippen LogP) is 7.35. The predicted molar refractivity (Wildman–Crippen MR) is 111 cm³/mol. The molecule has 0 amide bonds. The molecular formula is C25H25Cl. The summed E-state index contributed by atoms with van der Waals surface area (Å²) in [5.41, 5.74) is 4.93. The van der Waals surface area contributed by atoms with Gasteiger partial charge in [-0.05, 0) is 54.0 Å². The van der Waals surface area contributed by atoms with Crippen molar-refractivity contribution in [2.24, 2.45) is 0 Å². The molecule has 0 saturated heterocycles. The molecule has 0 heterocycles. The summed E-state index contributed by atoms with van der Waals surface area (Å²) in [6, 6.07) is 28.2. The normalized spacial score (nSPS) is 17.2. The average Bonchev–Trinajstić information content (AvgIpc) is 3.23. The first-order valence-electron chi connectivity index (χ1n) is 9.60. The van der Waals surface area contributed by atoms with Gasteiger partial charge in [-0.2, -0.15) is 0 Å². The van der Waals surface area contributed by atoms with Crippen molar-refractivity contribution in [3.63, 3.8) is 0 Å². The Hall–Kier alpha value is -2.05. The van der Waals surface area contributed by atoms with Gasteiger partial charge in [0.05, 0.1) is 0 Å². The molecule has 26 heavy (non-hydrogen) atoms. The summed E-state index contributed by atoms with van der Waals surface area (Å²) in [6.45, 7) is 2.29. The van der Waals surface area contributed by atoms with Crippen LogP contribution in [-0.2, 0) is 5.41 Å². The van der Waals surface area contributed by atoms with Crippen molar-refractivity contribution in [1.82, 2.24) is 0 Å². The molecule has 4 rings (SSSR count). The van der Waals surface area contributed by atoms with Gasteiger partial charge in [0.1, 0.15) is 0 Å². The average molecular weight is 361 g/mol. The maximum Gasteiger partial charge on any atom is 0.0450 e. The van der Waals surface area contributed by atoms with Gasteiger partial charge in [-0.15, -0.1) is 0 Å². The van der Waals surface area contributed by atoms with E-state index >= 15 is 0 Å². The number of hydrogen-bond donors (Lipinski definition) is 0. The zero-order valence-electron chi connectivity index (χ0n) is 15.3. The summed E-state index contributed by atoms with van der Waals surface area (Å²) in [6.07, 6.45) is 5.40. The Morgan fingerprint density at radius 1 is 0.731 bits per heavy atom. The van der Waals surface area contributed by atoms with Crippen LogP contribution in [0.5, 0.6) is 0 Å². The molecule has 3 aromatic rings. The molecule has 0 aliphatic heterocycles. The van der Waals surface area contributed by atoms with Gasteiger partial charge >= 0.3 is 0 Å². The molecule has 132 valence electrons. The van der Waals surface area contributed by atoms with Gasteiger partial charge in [-0.25, -0.2) is 0 Å². The lowest BCUT2D eigenvalue weighted by Gasteiger charge is -2.33.